The molecule has 0 N–H and O–H groups in total. The van der Waals surface area contributed by atoms with Crippen LogP contribution in [0.25, 0.3) is 6.08 Å². The van der Waals surface area contributed by atoms with Gasteiger partial charge in [0.2, 0.25) is 0 Å². The lowest BCUT2D eigenvalue weighted by molar-refractivity contribution is -0.303. The lowest BCUT2D eigenvalue weighted by atomic mass is 10.2. The van der Waals surface area contributed by atoms with Crippen molar-refractivity contribution in [1.82, 2.24) is 0 Å². The van der Waals surface area contributed by atoms with E-state index < -0.39 is 17.5 Å². The van der Waals surface area contributed by atoms with E-state index in [4.69, 9.17) is 23.2 Å². The Hall–Kier alpha value is -1.78. The number of hydrogen-bond donors (Lipinski definition) is 0. The number of esters is 1. The lowest BCUT2D eigenvalue weighted by Crippen LogP contribution is -2.19. The van der Waals surface area contributed by atoms with Gasteiger partial charge in [-0.05, 0) is 42.5 Å². The fourth-order valence-electron chi connectivity index (χ4n) is 1.23. The number of benzene rings is 1. The first-order valence-corrected chi connectivity index (χ1v) is 6.42. The first kappa shape index (κ1) is 16.3. The molecule has 0 aliphatic carbocycles. The summed E-state index contributed by atoms with van der Waals surface area (Å²) in [6.07, 6.45) is 3.28. The van der Waals surface area contributed by atoms with E-state index in [-0.39, 0.29) is 6.61 Å². The minimum Gasteiger partial charge on any atom is -0.867 e. The molecule has 0 unspecified atom stereocenters. The summed E-state index contributed by atoms with van der Waals surface area (Å²) < 4.78 is 4.47. The summed E-state index contributed by atoms with van der Waals surface area (Å²) in [5.74, 6) is -2.66. The van der Waals surface area contributed by atoms with Crippen LogP contribution >= 0.6 is 23.2 Å². The Bertz CT molecular complexity index is 577. The summed E-state index contributed by atoms with van der Waals surface area (Å²) >= 11 is 11.6. The zero-order valence-corrected chi connectivity index (χ0v) is 12.1. The van der Waals surface area contributed by atoms with Crippen LogP contribution in [0, 0.1) is 0 Å². The van der Waals surface area contributed by atoms with Gasteiger partial charge in [-0.25, -0.2) is 4.79 Å². The molecule has 0 aromatic heterocycles. The number of carbonyl (C=O) groups is 2. The molecule has 0 aliphatic rings. The number of hydrogen-bond acceptors (Lipinski definition) is 4. The minimum atomic E-state index is -1.05. The van der Waals surface area contributed by atoms with Gasteiger partial charge in [0, 0.05) is 0 Å². The predicted molar refractivity (Wildman–Crippen MR) is 75.2 cm³/mol. The molecule has 1 aromatic carbocycles. The largest absolute Gasteiger partial charge is 0.867 e. The Morgan fingerprint density at radius 3 is 2.60 bits per heavy atom. The summed E-state index contributed by atoms with van der Waals surface area (Å²) in [4.78, 5) is 22.5. The van der Waals surface area contributed by atoms with Crippen molar-refractivity contribution in [2.75, 3.05) is 6.61 Å². The van der Waals surface area contributed by atoms with Crippen LogP contribution in [0.2, 0.25) is 10.0 Å². The topological polar surface area (TPSA) is 66.4 Å². The maximum absolute atomic E-state index is 11.5. The summed E-state index contributed by atoms with van der Waals surface area (Å²) in [6.45, 7) is 1.64. The number of ketones is 1. The molecule has 20 heavy (non-hydrogen) atoms. The Labute approximate surface area is 126 Å². The third-order valence-corrected chi connectivity index (χ3v) is 2.87. The van der Waals surface area contributed by atoms with Gasteiger partial charge in [-0.2, -0.15) is 0 Å². The standard InChI is InChI=1S/C14H12Cl2O4/c1-2-20-14(19)13(18)8-10(17)5-3-9-4-6-11(15)12(16)7-9/h3-8,18H,2H2,1H3/p-1/b5-3+,13-8-. The second-order valence-electron chi connectivity index (χ2n) is 3.64. The van der Waals surface area contributed by atoms with Crippen LogP contribution in [0.4, 0.5) is 0 Å². The van der Waals surface area contributed by atoms with Crippen LogP contribution in [0.5, 0.6) is 0 Å². The van der Waals surface area contributed by atoms with Crippen molar-refractivity contribution in [3.63, 3.8) is 0 Å². The Morgan fingerprint density at radius 1 is 1.30 bits per heavy atom. The second kappa shape index (κ2) is 7.72. The Kier molecular flexibility index (Phi) is 6.28. The van der Waals surface area contributed by atoms with Crippen LogP contribution < -0.4 is 5.11 Å². The third-order valence-electron chi connectivity index (χ3n) is 2.13. The van der Waals surface area contributed by atoms with Crippen LogP contribution in [0.3, 0.4) is 0 Å². The predicted octanol–water partition coefficient (Wildman–Crippen LogP) is 2.38. The van der Waals surface area contributed by atoms with E-state index in [0.29, 0.717) is 21.7 Å². The normalized spacial score (nSPS) is 11.7. The lowest BCUT2D eigenvalue weighted by Gasteiger charge is -2.08. The van der Waals surface area contributed by atoms with Gasteiger partial charge in [-0.3, -0.25) is 4.79 Å². The molecule has 0 atom stereocenters. The Morgan fingerprint density at radius 2 is 2.00 bits per heavy atom. The molecule has 0 saturated heterocycles. The summed E-state index contributed by atoms with van der Waals surface area (Å²) in [6, 6.07) is 4.81. The molecule has 0 amide bonds. The highest BCUT2D eigenvalue weighted by atomic mass is 35.5. The van der Waals surface area contributed by atoms with Gasteiger partial charge in [-0.15, -0.1) is 0 Å². The summed E-state index contributed by atoms with van der Waals surface area (Å²) in [5, 5.41) is 12.0. The molecule has 0 spiro atoms. The van der Waals surface area contributed by atoms with E-state index in [9.17, 15) is 14.7 Å². The molecule has 0 radical (unpaired) electrons. The van der Waals surface area contributed by atoms with Crippen molar-refractivity contribution < 1.29 is 19.4 Å². The minimum absolute atomic E-state index is 0.0751. The molecule has 1 aromatic rings. The smallest absolute Gasteiger partial charge is 0.322 e. The second-order valence-corrected chi connectivity index (χ2v) is 4.45. The van der Waals surface area contributed by atoms with Crippen LogP contribution in [-0.2, 0) is 14.3 Å². The molecule has 0 fully saturated rings. The number of halogens is 2. The summed E-state index contributed by atoms with van der Waals surface area (Å²) in [7, 11) is 0. The maximum Gasteiger partial charge on any atom is 0.322 e. The van der Waals surface area contributed by atoms with E-state index in [1.54, 1.807) is 25.1 Å². The molecular weight excluding hydrogens is 303 g/mol. The SMILES string of the molecule is CCOC(=O)/C([O-])=C/C(=O)/C=C/c1ccc(Cl)c(Cl)c1. The van der Waals surface area contributed by atoms with Gasteiger partial charge < -0.3 is 9.84 Å². The van der Waals surface area contributed by atoms with Gasteiger partial charge in [0.05, 0.1) is 16.7 Å². The highest BCUT2D eigenvalue weighted by Gasteiger charge is 2.01. The van der Waals surface area contributed by atoms with Crippen LogP contribution in [0.15, 0.2) is 36.1 Å². The van der Waals surface area contributed by atoms with Crippen molar-refractivity contribution >= 4 is 41.0 Å². The van der Waals surface area contributed by atoms with Crippen molar-refractivity contribution in [3.05, 3.63) is 51.7 Å². The van der Waals surface area contributed by atoms with E-state index >= 15 is 0 Å². The van der Waals surface area contributed by atoms with Crippen LogP contribution in [0.1, 0.15) is 12.5 Å². The number of ether oxygens (including phenoxy) is 1. The zero-order valence-electron chi connectivity index (χ0n) is 10.6. The van der Waals surface area contributed by atoms with Gasteiger partial charge in [0.1, 0.15) is 0 Å². The molecule has 1 rings (SSSR count). The zero-order chi connectivity index (χ0) is 15.1. The average molecular weight is 314 g/mol. The molecule has 0 aliphatic heterocycles. The van der Waals surface area contributed by atoms with E-state index in [0.717, 1.165) is 6.08 Å². The number of allylic oxidation sites excluding steroid dienone is 2. The molecule has 0 saturated carbocycles. The van der Waals surface area contributed by atoms with Gasteiger partial charge in [0.25, 0.3) is 0 Å². The van der Waals surface area contributed by atoms with Crippen molar-refractivity contribution in [1.29, 1.82) is 0 Å². The number of rotatable bonds is 5. The molecular formula is C14H11Cl2O4-. The maximum atomic E-state index is 11.5. The van der Waals surface area contributed by atoms with Crippen LogP contribution in [-0.4, -0.2) is 18.4 Å². The highest BCUT2D eigenvalue weighted by molar-refractivity contribution is 6.42. The van der Waals surface area contributed by atoms with E-state index in [2.05, 4.69) is 4.74 Å². The van der Waals surface area contributed by atoms with Crippen molar-refractivity contribution in [2.45, 2.75) is 6.92 Å². The third kappa shape index (κ3) is 5.07. The number of carbonyl (C=O) groups excluding carboxylic acids is 2. The highest BCUT2D eigenvalue weighted by Crippen LogP contribution is 2.23. The molecule has 0 heterocycles. The first-order valence-electron chi connectivity index (χ1n) is 5.67. The van der Waals surface area contributed by atoms with E-state index in [1.165, 1.54) is 6.08 Å². The quantitative estimate of drug-likeness (QED) is 0.475. The fourth-order valence-corrected chi connectivity index (χ4v) is 1.54. The first-order chi connectivity index (χ1) is 9.43. The molecule has 4 nitrogen and oxygen atoms in total. The van der Waals surface area contributed by atoms with Gasteiger partial charge in [-0.1, -0.05) is 35.3 Å². The van der Waals surface area contributed by atoms with Crippen molar-refractivity contribution in [2.24, 2.45) is 0 Å². The Balaban J connectivity index is 2.74. The van der Waals surface area contributed by atoms with Gasteiger partial charge >= 0.3 is 5.97 Å². The monoisotopic (exact) mass is 313 g/mol. The molecule has 106 valence electrons. The molecule has 6 heteroatoms. The fraction of sp³-hybridized carbons (Fsp3) is 0.143. The van der Waals surface area contributed by atoms with Crippen molar-refractivity contribution in [3.8, 4) is 0 Å². The summed E-state index contributed by atoms with van der Waals surface area (Å²) in [5.41, 5.74) is 0.643. The average Bonchev–Trinajstić information content (AvgIpc) is 2.40. The molecule has 0 bridgehead atoms. The van der Waals surface area contributed by atoms with E-state index in [1.807, 2.05) is 0 Å². The van der Waals surface area contributed by atoms with Gasteiger partial charge in [0.15, 0.2) is 5.78 Å².